The van der Waals surface area contributed by atoms with Crippen LogP contribution in [0.15, 0.2) is 42.6 Å². The Balaban J connectivity index is 1.45. The number of rotatable bonds is 3. The summed E-state index contributed by atoms with van der Waals surface area (Å²) in [7, 11) is 0. The number of carboxylic acids is 1. The number of pyridine rings is 1. The molecule has 0 spiro atoms. The maximum atomic E-state index is 13.2. The fourth-order valence-corrected chi connectivity index (χ4v) is 4.23. The maximum Gasteiger partial charge on any atom is 0.326 e. The molecule has 1 fully saturated rings. The number of halogens is 1. The first kappa shape index (κ1) is 18.7. The van der Waals surface area contributed by atoms with Crippen molar-refractivity contribution in [3.05, 3.63) is 58.7 Å². The largest absolute Gasteiger partial charge is 0.480 e. The van der Waals surface area contributed by atoms with Gasteiger partial charge < -0.3 is 14.9 Å². The van der Waals surface area contributed by atoms with Gasteiger partial charge in [0.15, 0.2) is 0 Å². The van der Waals surface area contributed by atoms with Crippen LogP contribution in [0.4, 0.5) is 5.82 Å². The Labute approximate surface area is 168 Å². The zero-order valence-corrected chi connectivity index (χ0v) is 16.2. The lowest BCUT2D eigenvalue weighted by Gasteiger charge is -2.39. The normalized spacial score (nSPS) is 20.0. The third-order valence-electron chi connectivity index (χ3n) is 5.70. The Hall–Kier alpha value is -2.60. The van der Waals surface area contributed by atoms with Crippen LogP contribution >= 0.6 is 11.6 Å². The molecule has 2 aliphatic rings. The number of fused-ring (bicyclic) bond motifs is 1. The second-order valence-electron chi connectivity index (χ2n) is 7.39. The van der Waals surface area contributed by atoms with E-state index in [-0.39, 0.29) is 11.8 Å². The van der Waals surface area contributed by atoms with Crippen molar-refractivity contribution in [1.82, 2.24) is 9.88 Å². The van der Waals surface area contributed by atoms with Gasteiger partial charge in [-0.05, 0) is 36.1 Å². The van der Waals surface area contributed by atoms with E-state index >= 15 is 0 Å². The number of amides is 1. The predicted molar refractivity (Wildman–Crippen MR) is 106 cm³/mol. The van der Waals surface area contributed by atoms with Gasteiger partial charge in [0.25, 0.3) is 0 Å². The molecule has 6 nitrogen and oxygen atoms in total. The van der Waals surface area contributed by atoms with Crippen LogP contribution < -0.4 is 4.90 Å². The van der Waals surface area contributed by atoms with E-state index in [0.717, 1.165) is 16.9 Å². The summed E-state index contributed by atoms with van der Waals surface area (Å²) in [5, 5.41) is 10.3. The molecule has 28 heavy (non-hydrogen) atoms. The van der Waals surface area contributed by atoms with Gasteiger partial charge >= 0.3 is 5.97 Å². The molecule has 1 N–H and O–H groups in total. The average Bonchev–Trinajstić information content (AvgIpc) is 2.73. The summed E-state index contributed by atoms with van der Waals surface area (Å²) in [5.41, 5.74) is 2.05. The minimum Gasteiger partial charge on any atom is -0.480 e. The molecule has 3 heterocycles. The van der Waals surface area contributed by atoms with Crippen LogP contribution in [0.1, 0.15) is 24.0 Å². The van der Waals surface area contributed by atoms with Gasteiger partial charge in [-0.1, -0.05) is 35.9 Å². The van der Waals surface area contributed by atoms with Crippen molar-refractivity contribution in [3.63, 3.8) is 0 Å². The topological polar surface area (TPSA) is 73.7 Å². The Morgan fingerprint density at radius 1 is 1.07 bits per heavy atom. The molecular formula is C21H22ClN3O3. The SMILES string of the molecule is O=C(O)C1Cc2ccccc2CN1C(=O)C1CCN(c2ccc(Cl)cn2)CC1. The summed E-state index contributed by atoms with van der Waals surface area (Å²) in [4.78, 5) is 33.0. The minimum atomic E-state index is -0.939. The molecule has 0 aliphatic carbocycles. The first-order chi connectivity index (χ1) is 13.5. The fraction of sp³-hybridized carbons (Fsp3) is 0.381. The summed E-state index contributed by atoms with van der Waals surface area (Å²) in [6.07, 6.45) is 3.36. The molecule has 0 saturated carbocycles. The van der Waals surface area contributed by atoms with Crippen molar-refractivity contribution >= 4 is 29.3 Å². The number of carbonyl (C=O) groups excluding carboxylic acids is 1. The zero-order valence-electron chi connectivity index (χ0n) is 15.4. The van der Waals surface area contributed by atoms with Gasteiger partial charge in [0.05, 0.1) is 5.02 Å². The molecule has 0 radical (unpaired) electrons. The van der Waals surface area contributed by atoms with Crippen LogP contribution in [0.2, 0.25) is 5.02 Å². The van der Waals surface area contributed by atoms with Gasteiger partial charge in [0.2, 0.25) is 5.91 Å². The standard InChI is InChI=1S/C21H22ClN3O3/c22-17-5-6-19(23-12-17)24-9-7-14(8-10-24)20(26)25-13-16-4-2-1-3-15(16)11-18(25)21(27)28/h1-6,12,14,18H,7-11,13H2,(H,27,28). The van der Waals surface area contributed by atoms with Crippen LogP contribution in [0.5, 0.6) is 0 Å². The Morgan fingerprint density at radius 3 is 2.43 bits per heavy atom. The lowest BCUT2D eigenvalue weighted by molar-refractivity contribution is -0.153. The van der Waals surface area contributed by atoms with Gasteiger partial charge in [-0.3, -0.25) is 4.79 Å². The number of hydrogen-bond acceptors (Lipinski definition) is 4. The Morgan fingerprint density at radius 2 is 1.79 bits per heavy atom. The van der Waals surface area contributed by atoms with E-state index in [1.54, 1.807) is 11.1 Å². The number of nitrogens with zero attached hydrogens (tertiary/aromatic N) is 3. The van der Waals surface area contributed by atoms with Crippen molar-refractivity contribution in [3.8, 4) is 0 Å². The van der Waals surface area contributed by atoms with E-state index in [2.05, 4.69) is 9.88 Å². The molecule has 0 bridgehead atoms. The Bertz CT molecular complexity index is 879. The van der Waals surface area contributed by atoms with E-state index < -0.39 is 12.0 Å². The molecule has 1 aromatic heterocycles. The van der Waals surface area contributed by atoms with Gasteiger partial charge in [0.1, 0.15) is 11.9 Å². The van der Waals surface area contributed by atoms with E-state index in [4.69, 9.17) is 11.6 Å². The number of aromatic nitrogens is 1. The van der Waals surface area contributed by atoms with E-state index in [1.807, 2.05) is 36.4 Å². The lowest BCUT2D eigenvalue weighted by atomic mass is 9.90. The van der Waals surface area contributed by atoms with Crippen LogP contribution in [-0.2, 0) is 22.6 Å². The molecule has 1 atom stereocenters. The highest BCUT2D eigenvalue weighted by Crippen LogP contribution is 2.29. The van der Waals surface area contributed by atoms with Crippen LogP contribution in [0, 0.1) is 5.92 Å². The summed E-state index contributed by atoms with van der Waals surface area (Å²) in [6.45, 7) is 1.80. The van der Waals surface area contributed by atoms with E-state index in [1.165, 1.54) is 0 Å². The smallest absolute Gasteiger partial charge is 0.326 e. The number of piperidine rings is 1. The molecule has 1 saturated heterocycles. The fourth-order valence-electron chi connectivity index (χ4n) is 4.12. The van der Waals surface area contributed by atoms with Gasteiger partial charge in [-0.25, -0.2) is 9.78 Å². The molecule has 2 aliphatic heterocycles. The van der Waals surface area contributed by atoms with Crippen molar-refractivity contribution in [2.24, 2.45) is 5.92 Å². The monoisotopic (exact) mass is 399 g/mol. The molecule has 146 valence electrons. The zero-order chi connectivity index (χ0) is 19.7. The third-order valence-corrected chi connectivity index (χ3v) is 5.92. The highest BCUT2D eigenvalue weighted by Gasteiger charge is 2.38. The van der Waals surface area contributed by atoms with Crippen molar-refractivity contribution in [1.29, 1.82) is 0 Å². The molecule has 7 heteroatoms. The predicted octanol–water partition coefficient (Wildman–Crippen LogP) is 2.99. The van der Waals surface area contributed by atoms with Crippen LogP contribution in [0.25, 0.3) is 0 Å². The first-order valence-corrected chi connectivity index (χ1v) is 9.87. The van der Waals surface area contributed by atoms with Gasteiger partial charge in [-0.2, -0.15) is 0 Å². The number of benzene rings is 1. The molecule has 4 rings (SSSR count). The average molecular weight is 400 g/mol. The summed E-state index contributed by atoms with van der Waals surface area (Å²) < 4.78 is 0. The summed E-state index contributed by atoms with van der Waals surface area (Å²) in [6, 6.07) is 10.7. The van der Waals surface area contributed by atoms with Crippen LogP contribution in [0.3, 0.4) is 0 Å². The van der Waals surface area contributed by atoms with Gasteiger partial charge in [-0.15, -0.1) is 0 Å². The highest BCUT2D eigenvalue weighted by molar-refractivity contribution is 6.30. The second kappa shape index (κ2) is 7.80. The van der Waals surface area contributed by atoms with Crippen molar-refractivity contribution < 1.29 is 14.7 Å². The third kappa shape index (κ3) is 3.69. The van der Waals surface area contributed by atoms with Crippen molar-refractivity contribution in [2.75, 3.05) is 18.0 Å². The molecular weight excluding hydrogens is 378 g/mol. The first-order valence-electron chi connectivity index (χ1n) is 9.49. The van der Waals surface area contributed by atoms with Crippen molar-refractivity contribution in [2.45, 2.75) is 31.8 Å². The minimum absolute atomic E-state index is 0.0504. The number of hydrogen-bond donors (Lipinski definition) is 1. The number of carboxylic acid groups (broad SMARTS) is 1. The number of anilines is 1. The summed E-state index contributed by atoms with van der Waals surface area (Å²) in [5.74, 6) is -0.294. The summed E-state index contributed by atoms with van der Waals surface area (Å²) >= 11 is 5.90. The second-order valence-corrected chi connectivity index (χ2v) is 7.83. The number of carbonyl (C=O) groups is 2. The molecule has 1 amide bonds. The Kier molecular flexibility index (Phi) is 5.22. The van der Waals surface area contributed by atoms with Crippen LogP contribution in [-0.4, -0.2) is 46.0 Å². The van der Waals surface area contributed by atoms with E-state index in [9.17, 15) is 14.7 Å². The molecule has 2 aromatic rings. The van der Waals surface area contributed by atoms with E-state index in [0.29, 0.717) is 43.9 Å². The highest BCUT2D eigenvalue weighted by atomic mass is 35.5. The maximum absolute atomic E-state index is 13.2. The lowest BCUT2D eigenvalue weighted by Crippen LogP contribution is -2.52. The quantitative estimate of drug-likeness (QED) is 0.858. The van der Waals surface area contributed by atoms with Gasteiger partial charge in [0, 0.05) is 38.2 Å². The molecule has 1 aromatic carbocycles. The number of aliphatic carboxylic acids is 1. The molecule has 1 unspecified atom stereocenters.